The molecule has 0 atom stereocenters. The summed E-state index contributed by atoms with van der Waals surface area (Å²) >= 11 is 0. The van der Waals surface area contributed by atoms with Gasteiger partial charge in [0, 0.05) is 19.7 Å². The molecule has 2 amide bonds. The number of carbonyl (C=O) groups is 2. The number of pyridine rings is 1. The van der Waals surface area contributed by atoms with E-state index < -0.39 is 0 Å². The fraction of sp³-hybridized carbons (Fsp3) is 0.278. The number of benzene rings is 1. The SMILES string of the molecule is CCCC(=O)Nc1ncc(C(=O)NC)c2c1Oc1cccc(OC)c1N2. The van der Waals surface area contributed by atoms with Crippen LogP contribution in [0.2, 0.25) is 0 Å². The molecular weight excluding hydrogens is 336 g/mol. The predicted molar refractivity (Wildman–Crippen MR) is 97.5 cm³/mol. The summed E-state index contributed by atoms with van der Waals surface area (Å²) in [6.45, 7) is 1.91. The number of hydrogen-bond donors (Lipinski definition) is 3. The maximum absolute atomic E-state index is 12.2. The number of nitrogens with zero attached hydrogens (tertiary/aromatic N) is 1. The molecular formula is C18H20N4O4. The first-order valence-electron chi connectivity index (χ1n) is 8.25. The number of anilines is 3. The molecule has 0 saturated heterocycles. The van der Waals surface area contributed by atoms with Crippen LogP contribution in [0.5, 0.6) is 17.2 Å². The van der Waals surface area contributed by atoms with E-state index in [0.717, 1.165) is 0 Å². The summed E-state index contributed by atoms with van der Waals surface area (Å²) in [5, 5.41) is 8.50. The molecule has 1 aromatic heterocycles. The molecule has 3 N–H and O–H groups in total. The number of fused-ring (bicyclic) bond motifs is 2. The Bertz CT molecular complexity index is 867. The largest absolute Gasteiger partial charge is 0.494 e. The molecule has 0 saturated carbocycles. The second-order valence-corrected chi connectivity index (χ2v) is 5.66. The lowest BCUT2D eigenvalue weighted by Gasteiger charge is -2.26. The molecule has 0 fully saturated rings. The molecule has 26 heavy (non-hydrogen) atoms. The van der Waals surface area contributed by atoms with Crippen molar-refractivity contribution in [2.45, 2.75) is 19.8 Å². The summed E-state index contributed by atoms with van der Waals surface area (Å²) in [6.07, 6.45) is 2.48. The molecule has 3 rings (SSSR count). The topological polar surface area (TPSA) is 102 Å². The van der Waals surface area contributed by atoms with Crippen molar-refractivity contribution in [2.24, 2.45) is 0 Å². The summed E-state index contributed by atoms with van der Waals surface area (Å²) < 4.78 is 11.3. The number of nitrogens with one attached hydrogen (secondary N) is 3. The van der Waals surface area contributed by atoms with Crippen LogP contribution in [-0.4, -0.2) is 31.0 Å². The van der Waals surface area contributed by atoms with Crippen LogP contribution in [0.15, 0.2) is 24.4 Å². The first-order chi connectivity index (χ1) is 12.6. The maximum atomic E-state index is 12.2. The average Bonchev–Trinajstić information content (AvgIpc) is 2.66. The standard InChI is InChI=1S/C18H20N4O4/c1-4-6-13(23)21-17-16-14(10(9-20-17)18(24)19-2)22-15-11(25-3)7-5-8-12(15)26-16/h5,7-9,22H,4,6H2,1-3H3,(H,19,24)(H,20,21,23). The first kappa shape index (κ1) is 17.5. The molecule has 2 aromatic rings. The van der Waals surface area contributed by atoms with Gasteiger partial charge in [-0.1, -0.05) is 13.0 Å². The molecule has 1 aliphatic rings. The number of methoxy groups -OCH3 is 1. The Balaban J connectivity index is 2.09. The number of rotatable bonds is 5. The Labute approximate surface area is 150 Å². The van der Waals surface area contributed by atoms with Crippen LogP contribution in [0, 0.1) is 0 Å². The molecule has 0 unspecified atom stereocenters. The summed E-state index contributed by atoms with van der Waals surface area (Å²) in [7, 11) is 3.08. The summed E-state index contributed by atoms with van der Waals surface area (Å²) in [6, 6.07) is 5.33. The highest BCUT2D eigenvalue weighted by Crippen LogP contribution is 2.49. The monoisotopic (exact) mass is 356 g/mol. The predicted octanol–water partition coefficient (Wildman–Crippen LogP) is 3.04. The third kappa shape index (κ3) is 3.13. The zero-order valence-corrected chi connectivity index (χ0v) is 14.8. The van der Waals surface area contributed by atoms with E-state index in [1.165, 1.54) is 13.2 Å². The molecule has 8 heteroatoms. The summed E-state index contributed by atoms with van der Waals surface area (Å²) in [5.41, 5.74) is 1.32. The van der Waals surface area contributed by atoms with E-state index in [0.29, 0.717) is 41.3 Å². The van der Waals surface area contributed by atoms with E-state index in [1.807, 2.05) is 6.92 Å². The first-order valence-corrected chi connectivity index (χ1v) is 8.25. The van der Waals surface area contributed by atoms with Crippen LogP contribution in [0.4, 0.5) is 17.2 Å². The Morgan fingerprint density at radius 2 is 2.12 bits per heavy atom. The minimum Gasteiger partial charge on any atom is -0.494 e. The van der Waals surface area contributed by atoms with Crippen LogP contribution >= 0.6 is 0 Å². The highest BCUT2D eigenvalue weighted by molar-refractivity contribution is 6.04. The lowest BCUT2D eigenvalue weighted by atomic mass is 10.1. The van der Waals surface area contributed by atoms with Crippen LogP contribution < -0.4 is 25.4 Å². The fourth-order valence-corrected chi connectivity index (χ4v) is 2.66. The van der Waals surface area contributed by atoms with Crippen LogP contribution in [0.1, 0.15) is 30.1 Å². The highest BCUT2D eigenvalue weighted by atomic mass is 16.5. The van der Waals surface area contributed by atoms with Gasteiger partial charge in [0.15, 0.2) is 17.3 Å². The van der Waals surface area contributed by atoms with Gasteiger partial charge < -0.3 is 25.4 Å². The fourth-order valence-electron chi connectivity index (χ4n) is 2.66. The second kappa shape index (κ2) is 7.30. The molecule has 0 radical (unpaired) electrons. The van der Waals surface area contributed by atoms with Crippen molar-refractivity contribution in [1.29, 1.82) is 0 Å². The van der Waals surface area contributed by atoms with Gasteiger partial charge in [-0.05, 0) is 18.6 Å². The maximum Gasteiger partial charge on any atom is 0.254 e. The number of amides is 2. The molecule has 0 bridgehead atoms. The number of hydrogen-bond acceptors (Lipinski definition) is 6. The van der Waals surface area contributed by atoms with E-state index >= 15 is 0 Å². The van der Waals surface area contributed by atoms with Gasteiger partial charge in [-0.2, -0.15) is 0 Å². The molecule has 0 spiro atoms. The van der Waals surface area contributed by atoms with Gasteiger partial charge in [-0.15, -0.1) is 0 Å². The van der Waals surface area contributed by atoms with Gasteiger partial charge in [-0.25, -0.2) is 4.98 Å². The zero-order chi connectivity index (χ0) is 18.7. The van der Waals surface area contributed by atoms with Crippen LogP contribution in [0.25, 0.3) is 0 Å². The molecule has 8 nitrogen and oxygen atoms in total. The van der Waals surface area contributed by atoms with Crippen molar-refractivity contribution in [3.05, 3.63) is 30.0 Å². The Morgan fingerprint density at radius 3 is 2.81 bits per heavy atom. The van der Waals surface area contributed by atoms with Crippen molar-refractivity contribution in [1.82, 2.24) is 10.3 Å². The average molecular weight is 356 g/mol. The molecule has 136 valence electrons. The number of para-hydroxylation sites is 1. The summed E-state index contributed by atoms with van der Waals surface area (Å²) in [5.74, 6) is 1.14. The third-order valence-corrected chi connectivity index (χ3v) is 3.91. The second-order valence-electron chi connectivity index (χ2n) is 5.66. The normalized spacial score (nSPS) is 11.3. The van der Waals surface area contributed by atoms with Crippen molar-refractivity contribution in [3.8, 4) is 17.2 Å². The van der Waals surface area contributed by atoms with E-state index in [4.69, 9.17) is 9.47 Å². The van der Waals surface area contributed by atoms with Crippen LogP contribution in [-0.2, 0) is 4.79 Å². The van der Waals surface area contributed by atoms with Gasteiger partial charge in [0.25, 0.3) is 5.91 Å². The minimum absolute atomic E-state index is 0.171. The molecule has 1 aliphatic heterocycles. The molecule has 1 aromatic carbocycles. The van der Waals surface area contributed by atoms with Gasteiger partial charge in [-0.3, -0.25) is 9.59 Å². The smallest absolute Gasteiger partial charge is 0.254 e. The van der Waals surface area contributed by atoms with Crippen molar-refractivity contribution >= 4 is 29.0 Å². The number of carbonyl (C=O) groups excluding carboxylic acids is 2. The Morgan fingerprint density at radius 1 is 1.31 bits per heavy atom. The van der Waals surface area contributed by atoms with E-state index in [-0.39, 0.29) is 23.4 Å². The van der Waals surface area contributed by atoms with E-state index in [1.54, 1.807) is 25.3 Å². The van der Waals surface area contributed by atoms with Gasteiger partial charge >= 0.3 is 0 Å². The minimum atomic E-state index is -0.324. The third-order valence-electron chi connectivity index (χ3n) is 3.91. The van der Waals surface area contributed by atoms with Crippen molar-refractivity contribution in [3.63, 3.8) is 0 Å². The lowest BCUT2D eigenvalue weighted by Crippen LogP contribution is -2.22. The van der Waals surface area contributed by atoms with E-state index in [9.17, 15) is 9.59 Å². The highest BCUT2D eigenvalue weighted by Gasteiger charge is 2.28. The van der Waals surface area contributed by atoms with Gasteiger partial charge in [0.05, 0.1) is 12.7 Å². The van der Waals surface area contributed by atoms with Crippen molar-refractivity contribution < 1.29 is 19.1 Å². The zero-order valence-electron chi connectivity index (χ0n) is 14.8. The number of aromatic nitrogens is 1. The number of ether oxygens (including phenoxy) is 2. The summed E-state index contributed by atoms with van der Waals surface area (Å²) in [4.78, 5) is 28.4. The van der Waals surface area contributed by atoms with Gasteiger partial charge in [0.1, 0.15) is 17.1 Å². The van der Waals surface area contributed by atoms with E-state index in [2.05, 4.69) is 20.9 Å². The quantitative estimate of drug-likeness (QED) is 0.649. The van der Waals surface area contributed by atoms with Crippen molar-refractivity contribution in [2.75, 3.05) is 24.8 Å². The molecule has 2 heterocycles. The Hall–Kier alpha value is -3.29. The van der Waals surface area contributed by atoms with Gasteiger partial charge in [0.2, 0.25) is 5.91 Å². The van der Waals surface area contributed by atoms with Crippen LogP contribution in [0.3, 0.4) is 0 Å². The lowest BCUT2D eigenvalue weighted by molar-refractivity contribution is -0.116. The molecule has 0 aliphatic carbocycles. The Kier molecular flexibility index (Phi) is 4.92.